The summed E-state index contributed by atoms with van der Waals surface area (Å²) >= 11 is 0. The zero-order valence-electron chi connectivity index (χ0n) is 9.04. The molecule has 1 atom stereocenters. The van der Waals surface area contributed by atoms with Crippen LogP contribution in [0.3, 0.4) is 0 Å². The average Bonchev–Trinajstić information content (AvgIpc) is 3.16. The average molecular weight is 221 g/mol. The molecule has 3 rings (SSSR count). The summed E-state index contributed by atoms with van der Waals surface area (Å²) in [5, 5.41) is 17.2. The van der Waals surface area contributed by atoms with E-state index in [1.807, 2.05) is 6.20 Å². The SMILES string of the molecule is O=C(O)C(CC1CC1)n1cc(C2CC2)nn1. The lowest BCUT2D eigenvalue weighted by atomic mass is 10.1. The largest absolute Gasteiger partial charge is 0.480 e. The zero-order valence-corrected chi connectivity index (χ0v) is 9.04. The number of carbonyl (C=O) groups is 1. The molecule has 86 valence electrons. The van der Waals surface area contributed by atoms with Crippen LogP contribution in [0.2, 0.25) is 0 Å². The van der Waals surface area contributed by atoms with E-state index in [2.05, 4.69) is 10.3 Å². The fourth-order valence-electron chi connectivity index (χ4n) is 2.00. The highest BCUT2D eigenvalue weighted by molar-refractivity contribution is 5.71. The van der Waals surface area contributed by atoms with Gasteiger partial charge in [-0.05, 0) is 25.2 Å². The van der Waals surface area contributed by atoms with E-state index >= 15 is 0 Å². The number of hydrogen-bond donors (Lipinski definition) is 1. The van der Waals surface area contributed by atoms with Gasteiger partial charge in [0.2, 0.25) is 0 Å². The number of hydrogen-bond acceptors (Lipinski definition) is 3. The van der Waals surface area contributed by atoms with Gasteiger partial charge in [0.05, 0.1) is 5.69 Å². The molecular formula is C11H15N3O2. The first-order chi connectivity index (χ1) is 7.74. The summed E-state index contributed by atoms with van der Waals surface area (Å²) in [7, 11) is 0. The number of aromatic nitrogens is 3. The molecule has 2 saturated carbocycles. The maximum absolute atomic E-state index is 11.2. The van der Waals surface area contributed by atoms with Gasteiger partial charge < -0.3 is 5.11 Å². The Balaban J connectivity index is 1.76. The van der Waals surface area contributed by atoms with E-state index in [4.69, 9.17) is 0 Å². The molecule has 1 aromatic heterocycles. The Morgan fingerprint density at radius 2 is 2.25 bits per heavy atom. The molecule has 0 saturated heterocycles. The summed E-state index contributed by atoms with van der Waals surface area (Å²) in [6.07, 6.45) is 7.17. The second kappa shape index (κ2) is 3.57. The maximum Gasteiger partial charge on any atom is 0.328 e. The molecule has 1 unspecified atom stereocenters. The molecule has 1 N–H and O–H groups in total. The highest BCUT2D eigenvalue weighted by Gasteiger charge is 2.32. The Labute approximate surface area is 93.5 Å². The summed E-state index contributed by atoms with van der Waals surface area (Å²) in [6, 6.07) is -0.521. The van der Waals surface area contributed by atoms with Crippen molar-refractivity contribution in [2.75, 3.05) is 0 Å². The van der Waals surface area contributed by atoms with Crippen LogP contribution in [0.1, 0.15) is 49.8 Å². The van der Waals surface area contributed by atoms with E-state index in [1.165, 1.54) is 17.5 Å². The van der Waals surface area contributed by atoms with Gasteiger partial charge >= 0.3 is 5.97 Å². The molecular weight excluding hydrogens is 206 g/mol. The molecule has 0 aromatic carbocycles. The van der Waals surface area contributed by atoms with Crippen LogP contribution in [0.25, 0.3) is 0 Å². The normalized spacial score (nSPS) is 22.0. The van der Waals surface area contributed by atoms with E-state index in [9.17, 15) is 9.90 Å². The van der Waals surface area contributed by atoms with E-state index in [1.54, 1.807) is 0 Å². The van der Waals surface area contributed by atoms with Crippen LogP contribution in [-0.4, -0.2) is 26.1 Å². The molecule has 2 fully saturated rings. The highest BCUT2D eigenvalue weighted by Crippen LogP contribution is 2.40. The predicted molar refractivity (Wildman–Crippen MR) is 56.0 cm³/mol. The first-order valence-electron chi connectivity index (χ1n) is 5.88. The van der Waals surface area contributed by atoms with Crippen molar-refractivity contribution in [2.45, 2.75) is 44.1 Å². The summed E-state index contributed by atoms with van der Waals surface area (Å²) in [5.74, 6) is 0.318. The maximum atomic E-state index is 11.2. The van der Waals surface area contributed by atoms with Crippen molar-refractivity contribution < 1.29 is 9.90 Å². The van der Waals surface area contributed by atoms with Crippen LogP contribution in [0, 0.1) is 5.92 Å². The minimum atomic E-state index is -0.792. The van der Waals surface area contributed by atoms with Gasteiger partial charge in [0.1, 0.15) is 0 Å². The lowest BCUT2D eigenvalue weighted by Crippen LogP contribution is -2.20. The molecule has 5 nitrogen and oxygen atoms in total. The van der Waals surface area contributed by atoms with Crippen LogP contribution >= 0.6 is 0 Å². The summed E-state index contributed by atoms with van der Waals surface area (Å²) in [6.45, 7) is 0. The minimum absolute atomic E-state index is 0.521. The fraction of sp³-hybridized carbons (Fsp3) is 0.727. The quantitative estimate of drug-likeness (QED) is 0.819. The third-order valence-corrected chi connectivity index (χ3v) is 3.38. The molecule has 0 amide bonds. The Bertz CT molecular complexity index is 407. The van der Waals surface area contributed by atoms with Crippen molar-refractivity contribution in [3.05, 3.63) is 11.9 Å². The van der Waals surface area contributed by atoms with E-state index < -0.39 is 12.0 Å². The lowest BCUT2D eigenvalue weighted by molar-refractivity contribution is -0.141. The molecule has 5 heteroatoms. The smallest absolute Gasteiger partial charge is 0.328 e. The van der Waals surface area contributed by atoms with Gasteiger partial charge in [-0.2, -0.15) is 0 Å². The number of nitrogens with zero attached hydrogens (tertiary/aromatic N) is 3. The first-order valence-corrected chi connectivity index (χ1v) is 5.88. The van der Waals surface area contributed by atoms with Gasteiger partial charge in [0.25, 0.3) is 0 Å². The Kier molecular flexibility index (Phi) is 2.19. The number of rotatable bonds is 5. The summed E-state index contributed by atoms with van der Waals surface area (Å²) in [5.41, 5.74) is 0.960. The summed E-state index contributed by atoms with van der Waals surface area (Å²) < 4.78 is 1.54. The lowest BCUT2D eigenvalue weighted by Gasteiger charge is -2.10. The van der Waals surface area contributed by atoms with Crippen LogP contribution in [-0.2, 0) is 4.79 Å². The Morgan fingerprint density at radius 1 is 1.50 bits per heavy atom. The molecule has 0 bridgehead atoms. The standard InChI is InChI=1S/C11H15N3O2/c15-11(16)10(5-7-1-2-7)14-6-9(12-13-14)8-3-4-8/h6-8,10H,1-5H2,(H,15,16). The van der Waals surface area contributed by atoms with Crippen molar-refractivity contribution in [3.8, 4) is 0 Å². The van der Waals surface area contributed by atoms with Crippen molar-refractivity contribution in [2.24, 2.45) is 5.92 Å². The number of carboxylic acid groups (broad SMARTS) is 1. The first kappa shape index (κ1) is 9.81. The topological polar surface area (TPSA) is 68.0 Å². The third kappa shape index (κ3) is 1.94. The van der Waals surface area contributed by atoms with Crippen molar-refractivity contribution in [3.63, 3.8) is 0 Å². The molecule has 16 heavy (non-hydrogen) atoms. The van der Waals surface area contributed by atoms with Crippen molar-refractivity contribution in [1.29, 1.82) is 0 Å². The summed E-state index contributed by atoms with van der Waals surface area (Å²) in [4.78, 5) is 11.2. The highest BCUT2D eigenvalue weighted by atomic mass is 16.4. The molecule has 0 aliphatic heterocycles. The Morgan fingerprint density at radius 3 is 2.81 bits per heavy atom. The van der Waals surface area contributed by atoms with Crippen molar-refractivity contribution >= 4 is 5.97 Å². The van der Waals surface area contributed by atoms with Crippen LogP contribution in [0.4, 0.5) is 0 Å². The minimum Gasteiger partial charge on any atom is -0.480 e. The molecule has 1 heterocycles. The van der Waals surface area contributed by atoms with E-state index in [-0.39, 0.29) is 0 Å². The van der Waals surface area contributed by atoms with Gasteiger partial charge in [-0.15, -0.1) is 5.10 Å². The predicted octanol–water partition coefficient (Wildman–Crippen LogP) is 1.58. The molecule has 1 aromatic rings. The zero-order chi connectivity index (χ0) is 11.1. The Hall–Kier alpha value is -1.39. The fourth-order valence-corrected chi connectivity index (χ4v) is 2.00. The van der Waals surface area contributed by atoms with Crippen LogP contribution in [0.15, 0.2) is 6.20 Å². The van der Waals surface area contributed by atoms with E-state index in [0.717, 1.165) is 18.5 Å². The number of aliphatic carboxylic acids is 1. The van der Waals surface area contributed by atoms with Crippen LogP contribution in [0.5, 0.6) is 0 Å². The number of carboxylic acids is 1. The molecule has 2 aliphatic rings. The molecule has 2 aliphatic carbocycles. The second-order valence-electron chi connectivity index (χ2n) is 4.93. The molecule has 0 spiro atoms. The third-order valence-electron chi connectivity index (χ3n) is 3.38. The van der Waals surface area contributed by atoms with Gasteiger partial charge in [-0.3, -0.25) is 0 Å². The van der Waals surface area contributed by atoms with E-state index in [0.29, 0.717) is 18.3 Å². The van der Waals surface area contributed by atoms with Crippen LogP contribution < -0.4 is 0 Å². The second-order valence-corrected chi connectivity index (χ2v) is 4.93. The van der Waals surface area contributed by atoms with Gasteiger partial charge in [0, 0.05) is 12.1 Å². The monoisotopic (exact) mass is 221 g/mol. The van der Waals surface area contributed by atoms with Gasteiger partial charge in [0.15, 0.2) is 6.04 Å². The molecule has 0 radical (unpaired) electrons. The van der Waals surface area contributed by atoms with Crippen molar-refractivity contribution in [1.82, 2.24) is 15.0 Å². The van der Waals surface area contributed by atoms with Gasteiger partial charge in [-0.1, -0.05) is 18.1 Å². The van der Waals surface area contributed by atoms with Gasteiger partial charge in [-0.25, -0.2) is 9.48 Å².